The second-order valence-corrected chi connectivity index (χ2v) is 4.74. The fourth-order valence-corrected chi connectivity index (χ4v) is 2.06. The van der Waals surface area contributed by atoms with Crippen molar-refractivity contribution >= 4 is 11.6 Å². The van der Waals surface area contributed by atoms with Crippen molar-refractivity contribution in [3.63, 3.8) is 0 Å². The first-order chi connectivity index (χ1) is 10.0. The topological polar surface area (TPSA) is 84.6 Å². The van der Waals surface area contributed by atoms with Crippen molar-refractivity contribution in [2.24, 2.45) is 5.73 Å². The molecule has 1 amide bonds. The highest BCUT2D eigenvalue weighted by molar-refractivity contribution is 5.93. The zero-order valence-corrected chi connectivity index (χ0v) is 12.0. The van der Waals surface area contributed by atoms with E-state index < -0.39 is 5.91 Å². The van der Waals surface area contributed by atoms with Crippen LogP contribution in [0.25, 0.3) is 0 Å². The molecule has 1 unspecified atom stereocenters. The smallest absolute Gasteiger partial charge is 0.248 e. The number of aromatic hydroxyl groups is 1. The molecule has 4 N–H and O–H groups in total. The predicted octanol–water partition coefficient (Wildman–Crippen LogP) is 2.67. The second kappa shape index (κ2) is 6.17. The molecule has 0 aliphatic carbocycles. The molecule has 0 spiro atoms. The van der Waals surface area contributed by atoms with E-state index in [9.17, 15) is 9.90 Å². The summed E-state index contributed by atoms with van der Waals surface area (Å²) in [6, 6.07) is 12.2. The van der Waals surface area contributed by atoms with Crippen LogP contribution in [-0.2, 0) is 0 Å². The first kappa shape index (κ1) is 14.7. The molecule has 1 atom stereocenters. The summed E-state index contributed by atoms with van der Waals surface area (Å²) in [5, 5.41) is 12.9. The number of benzene rings is 2. The van der Waals surface area contributed by atoms with E-state index in [1.54, 1.807) is 30.3 Å². The average Bonchev–Trinajstić information content (AvgIpc) is 2.47. The van der Waals surface area contributed by atoms with Crippen molar-refractivity contribution < 1.29 is 14.6 Å². The number of nitrogens with two attached hydrogens (primary N) is 1. The van der Waals surface area contributed by atoms with E-state index in [2.05, 4.69) is 5.32 Å². The van der Waals surface area contributed by atoms with Crippen LogP contribution in [0.1, 0.15) is 28.9 Å². The number of primary amides is 1. The maximum absolute atomic E-state index is 11.2. The lowest BCUT2D eigenvalue weighted by molar-refractivity contribution is 0.100. The van der Waals surface area contributed by atoms with Crippen molar-refractivity contribution in [1.82, 2.24) is 0 Å². The highest BCUT2D eigenvalue weighted by atomic mass is 16.5. The Labute approximate surface area is 123 Å². The van der Waals surface area contributed by atoms with Crippen LogP contribution in [0, 0.1) is 0 Å². The molecule has 110 valence electrons. The third kappa shape index (κ3) is 3.45. The van der Waals surface area contributed by atoms with Crippen molar-refractivity contribution in [1.29, 1.82) is 0 Å². The number of amides is 1. The van der Waals surface area contributed by atoms with Gasteiger partial charge in [-0.3, -0.25) is 4.79 Å². The molecule has 0 radical (unpaired) electrons. The van der Waals surface area contributed by atoms with Crippen molar-refractivity contribution in [2.45, 2.75) is 13.0 Å². The van der Waals surface area contributed by atoms with Crippen LogP contribution in [0.5, 0.6) is 11.5 Å². The Morgan fingerprint density at radius 3 is 2.71 bits per heavy atom. The van der Waals surface area contributed by atoms with Crippen LogP contribution >= 0.6 is 0 Å². The van der Waals surface area contributed by atoms with Crippen LogP contribution in [-0.4, -0.2) is 18.1 Å². The van der Waals surface area contributed by atoms with Crippen molar-refractivity contribution in [2.75, 3.05) is 12.4 Å². The van der Waals surface area contributed by atoms with Gasteiger partial charge in [0.2, 0.25) is 5.91 Å². The number of hydrogen-bond donors (Lipinski definition) is 3. The van der Waals surface area contributed by atoms with Crippen LogP contribution in [0.2, 0.25) is 0 Å². The van der Waals surface area contributed by atoms with Gasteiger partial charge in [0.15, 0.2) is 11.5 Å². The van der Waals surface area contributed by atoms with Gasteiger partial charge in [0.1, 0.15) is 0 Å². The summed E-state index contributed by atoms with van der Waals surface area (Å²) in [4.78, 5) is 11.2. The number of rotatable bonds is 5. The SMILES string of the molecule is COc1cc(C(C)Nc2cccc(C(N)=O)c2)ccc1O. The van der Waals surface area contributed by atoms with E-state index in [1.807, 2.05) is 19.1 Å². The number of phenols is 1. The molecule has 0 saturated carbocycles. The van der Waals surface area contributed by atoms with E-state index in [0.717, 1.165) is 11.3 Å². The molecule has 0 aliphatic heterocycles. The van der Waals surface area contributed by atoms with E-state index in [0.29, 0.717) is 11.3 Å². The fraction of sp³-hybridized carbons (Fsp3) is 0.188. The minimum absolute atomic E-state index is 0.0253. The van der Waals surface area contributed by atoms with Crippen molar-refractivity contribution in [3.8, 4) is 11.5 Å². The van der Waals surface area contributed by atoms with Gasteiger partial charge in [-0.2, -0.15) is 0 Å². The molecule has 5 nitrogen and oxygen atoms in total. The largest absolute Gasteiger partial charge is 0.504 e. The normalized spacial score (nSPS) is 11.7. The van der Waals surface area contributed by atoms with Gasteiger partial charge in [0.25, 0.3) is 0 Å². The van der Waals surface area contributed by atoms with E-state index in [-0.39, 0.29) is 11.8 Å². The summed E-state index contributed by atoms with van der Waals surface area (Å²) in [7, 11) is 1.51. The summed E-state index contributed by atoms with van der Waals surface area (Å²) in [6.07, 6.45) is 0. The highest BCUT2D eigenvalue weighted by Gasteiger charge is 2.10. The lowest BCUT2D eigenvalue weighted by Gasteiger charge is -2.17. The highest BCUT2D eigenvalue weighted by Crippen LogP contribution is 2.30. The van der Waals surface area contributed by atoms with E-state index in [1.165, 1.54) is 7.11 Å². The van der Waals surface area contributed by atoms with Crippen molar-refractivity contribution in [3.05, 3.63) is 53.6 Å². The van der Waals surface area contributed by atoms with Gasteiger partial charge in [-0.25, -0.2) is 0 Å². The van der Waals surface area contributed by atoms with Gasteiger partial charge in [0, 0.05) is 17.3 Å². The minimum Gasteiger partial charge on any atom is -0.504 e. The van der Waals surface area contributed by atoms with Crippen LogP contribution < -0.4 is 15.8 Å². The van der Waals surface area contributed by atoms with Gasteiger partial charge >= 0.3 is 0 Å². The Bertz CT molecular complexity index is 656. The second-order valence-electron chi connectivity index (χ2n) is 4.74. The summed E-state index contributed by atoms with van der Waals surface area (Å²) < 4.78 is 5.10. The van der Waals surface area contributed by atoms with Crippen LogP contribution in [0.15, 0.2) is 42.5 Å². The predicted molar refractivity (Wildman–Crippen MR) is 81.7 cm³/mol. The molecule has 0 heterocycles. The van der Waals surface area contributed by atoms with Gasteiger partial charge in [-0.1, -0.05) is 12.1 Å². The van der Waals surface area contributed by atoms with Gasteiger partial charge < -0.3 is 20.9 Å². The zero-order chi connectivity index (χ0) is 15.4. The average molecular weight is 286 g/mol. The first-order valence-electron chi connectivity index (χ1n) is 6.54. The molecular weight excluding hydrogens is 268 g/mol. The number of carbonyl (C=O) groups is 1. The van der Waals surface area contributed by atoms with E-state index >= 15 is 0 Å². The molecule has 0 bridgehead atoms. The molecule has 2 aromatic carbocycles. The summed E-state index contributed by atoms with van der Waals surface area (Å²) in [5.41, 5.74) is 7.47. The molecule has 0 aromatic heterocycles. The Morgan fingerprint density at radius 1 is 1.29 bits per heavy atom. The number of methoxy groups -OCH3 is 1. The number of anilines is 1. The standard InChI is InChI=1S/C16H18N2O3/c1-10(11-6-7-14(19)15(9-11)21-2)18-13-5-3-4-12(8-13)16(17)20/h3-10,18-19H,1-2H3,(H2,17,20). The van der Waals surface area contributed by atoms with Crippen LogP contribution in [0.4, 0.5) is 5.69 Å². The molecule has 0 aliphatic rings. The van der Waals surface area contributed by atoms with E-state index in [4.69, 9.17) is 10.5 Å². The molecule has 21 heavy (non-hydrogen) atoms. The number of phenolic OH excluding ortho intramolecular Hbond substituents is 1. The molecule has 5 heteroatoms. The maximum atomic E-state index is 11.2. The van der Waals surface area contributed by atoms with Gasteiger partial charge in [-0.15, -0.1) is 0 Å². The van der Waals surface area contributed by atoms with Gasteiger partial charge in [0.05, 0.1) is 7.11 Å². The first-order valence-corrected chi connectivity index (χ1v) is 6.54. The molecule has 2 rings (SSSR count). The van der Waals surface area contributed by atoms with Gasteiger partial charge in [-0.05, 0) is 42.8 Å². The lowest BCUT2D eigenvalue weighted by atomic mass is 10.1. The Morgan fingerprint density at radius 2 is 2.05 bits per heavy atom. The quantitative estimate of drug-likeness (QED) is 0.789. The summed E-state index contributed by atoms with van der Waals surface area (Å²) in [5.74, 6) is 0.0637. The maximum Gasteiger partial charge on any atom is 0.248 e. The number of ether oxygens (including phenoxy) is 1. The lowest BCUT2D eigenvalue weighted by Crippen LogP contribution is -2.12. The third-order valence-electron chi connectivity index (χ3n) is 3.23. The Hall–Kier alpha value is -2.69. The number of carbonyl (C=O) groups excluding carboxylic acids is 1. The Kier molecular flexibility index (Phi) is 4.33. The molecule has 0 saturated heterocycles. The third-order valence-corrected chi connectivity index (χ3v) is 3.23. The molecule has 0 fully saturated rings. The molecular formula is C16H18N2O3. The monoisotopic (exact) mass is 286 g/mol. The number of nitrogens with one attached hydrogen (secondary N) is 1. The van der Waals surface area contributed by atoms with Crippen LogP contribution in [0.3, 0.4) is 0 Å². The fourth-order valence-electron chi connectivity index (χ4n) is 2.06. The summed E-state index contributed by atoms with van der Waals surface area (Å²) >= 11 is 0. The Balaban J connectivity index is 2.19. The minimum atomic E-state index is -0.461. The molecule has 2 aromatic rings. The zero-order valence-electron chi connectivity index (χ0n) is 12.0. The summed E-state index contributed by atoms with van der Waals surface area (Å²) in [6.45, 7) is 1.97. The number of hydrogen-bond acceptors (Lipinski definition) is 4.